The summed E-state index contributed by atoms with van der Waals surface area (Å²) in [4.78, 5) is 52.7. The number of thiophene rings is 1. The van der Waals surface area contributed by atoms with E-state index in [2.05, 4.69) is 9.97 Å². The smallest absolute Gasteiger partial charge is 0.320 e. The third kappa shape index (κ3) is 4.59. The van der Waals surface area contributed by atoms with E-state index in [0.717, 1.165) is 29.5 Å². The number of hydrogen-bond acceptors (Lipinski definition) is 6. The second-order valence-corrected chi connectivity index (χ2v) is 9.93. The van der Waals surface area contributed by atoms with Gasteiger partial charge in [-0.2, -0.15) is 0 Å². The second-order valence-electron chi connectivity index (χ2n) is 7.87. The summed E-state index contributed by atoms with van der Waals surface area (Å²) in [7, 11) is 0. The van der Waals surface area contributed by atoms with Crippen molar-refractivity contribution < 1.29 is 9.59 Å². The number of carbonyl (C=O) groups is 2. The normalized spacial score (nSPS) is 16.1. The summed E-state index contributed by atoms with van der Waals surface area (Å²) in [6.45, 7) is 7.61. The van der Waals surface area contributed by atoms with Crippen LogP contribution in [0.15, 0.2) is 4.79 Å². The first-order valence-corrected chi connectivity index (χ1v) is 12.9. The highest BCUT2D eigenvalue weighted by atomic mass is 32.2. The third-order valence-corrected chi connectivity index (χ3v) is 8.14. The Balaban J connectivity index is 1.27. The van der Waals surface area contributed by atoms with Crippen LogP contribution in [-0.4, -0.2) is 81.6 Å². The van der Waals surface area contributed by atoms with Gasteiger partial charge in [-0.3, -0.25) is 9.59 Å². The van der Waals surface area contributed by atoms with E-state index < -0.39 is 0 Å². The number of nitrogens with one attached hydrogen (secondary N) is 1. The predicted octanol–water partition coefficient (Wildman–Crippen LogP) is 2.31. The van der Waals surface area contributed by atoms with Gasteiger partial charge < -0.3 is 19.7 Å². The topological polar surface area (TPSA) is 89.6 Å². The lowest BCUT2D eigenvalue weighted by molar-refractivity contribution is -0.129. The molecule has 0 atom stereocenters. The van der Waals surface area contributed by atoms with Gasteiger partial charge in [-0.25, -0.2) is 9.78 Å². The summed E-state index contributed by atoms with van der Waals surface area (Å²) < 4.78 is 0. The van der Waals surface area contributed by atoms with Crippen molar-refractivity contribution in [3.05, 3.63) is 26.6 Å². The van der Waals surface area contributed by atoms with Crippen molar-refractivity contribution in [1.82, 2.24) is 24.7 Å². The molecule has 1 saturated heterocycles. The van der Waals surface area contributed by atoms with Crippen LogP contribution in [0.1, 0.15) is 36.5 Å². The molecule has 0 saturated carbocycles. The van der Waals surface area contributed by atoms with Gasteiger partial charge in [0.2, 0.25) is 5.91 Å². The molecule has 0 radical (unpaired) electrons. The quantitative estimate of drug-likeness (QED) is 0.710. The Kier molecular flexibility index (Phi) is 6.86. The number of fused-ring (bicyclic) bond motifs is 3. The number of urea groups is 1. The zero-order valence-corrected chi connectivity index (χ0v) is 19.7. The molecule has 1 fully saturated rings. The van der Waals surface area contributed by atoms with Crippen molar-refractivity contribution in [3.63, 3.8) is 0 Å². The first kappa shape index (κ1) is 22.1. The van der Waals surface area contributed by atoms with E-state index in [1.54, 1.807) is 16.2 Å². The molecule has 0 spiro atoms. The highest BCUT2D eigenvalue weighted by molar-refractivity contribution is 7.99. The van der Waals surface area contributed by atoms with Gasteiger partial charge in [0.25, 0.3) is 5.56 Å². The lowest BCUT2D eigenvalue weighted by atomic mass is 10.2. The van der Waals surface area contributed by atoms with Crippen LogP contribution >= 0.6 is 23.1 Å². The molecule has 1 aliphatic carbocycles. The minimum Gasteiger partial charge on any atom is -0.338 e. The Morgan fingerprint density at radius 2 is 1.84 bits per heavy atom. The Labute approximate surface area is 190 Å². The van der Waals surface area contributed by atoms with Crippen LogP contribution in [-0.2, 0) is 23.4 Å². The Hall–Kier alpha value is -2.07. The summed E-state index contributed by atoms with van der Waals surface area (Å²) in [5, 5.41) is 0.763. The molecule has 4 rings (SSSR count). The standard InChI is InChI=1S/C21H29N5O3S2/c1-3-24(4-2)21(29)26-10-8-25(9-11-26)17(27)13-30-12-16-22-19(28)18-14-6-5-7-15(14)31-20(18)23-16/h3-13H2,1-2H3,(H,22,23,28). The van der Waals surface area contributed by atoms with E-state index in [4.69, 9.17) is 0 Å². The molecule has 3 amide bonds. The minimum absolute atomic E-state index is 0.0523. The summed E-state index contributed by atoms with van der Waals surface area (Å²) in [6.07, 6.45) is 3.13. The van der Waals surface area contributed by atoms with Crippen molar-refractivity contribution in [2.75, 3.05) is 45.0 Å². The monoisotopic (exact) mass is 463 g/mol. The number of hydrogen-bond donors (Lipinski definition) is 1. The Bertz CT molecular complexity index is 1020. The number of piperazine rings is 1. The number of rotatable bonds is 6. The number of aromatic amines is 1. The number of thioether (sulfide) groups is 1. The number of aryl methyl sites for hydroxylation is 2. The van der Waals surface area contributed by atoms with E-state index in [9.17, 15) is 14.4 Å². The Morgan fingerprint density at radius 1 is 1.13 bits per heavy atom. The summed E-state index contributed by atoms with van der Waals surface area (Å²) in [6, 6.07) is 0.0523. The van der Waals surface area contributed by atoms with Crippen LogP contribution < -0.4 is 5.56 Å². The second kappa shape index (κ2) is 9.60. The average molecular weight is 464 g/mol. The molecule has 1 N–H and O–H groups in total. The van der Waals surface area contributed by atoms with Gasteiger partial charge in [-0.05, 0) is 38.7 Å². The van der Waals surface area contributed by atoms with Gasteiger partial charge >= 0.3 is 6.03 Å². The molecule has 8 nitrogen and oxygen atoms in total. The van der Waals surface area contributed by atoms with E-state index in [-0.39, 0.29) is 17.5 Å². The summed E-state index contributed by atoms with van der Waals surface area (Å²) in [5.74, 6) is 1.54. The fraction of sp³-hybridized carbons (Fsp3) is 0.619. The van der Waals surface area contributed by atoms with E-state index in [1.807, 2.05) is 23.6 Å². The SMILES string of the molecule is CCN(CC)C(=O)N1CCN(C(=O)CSCc2nc3sc4c(c3c(=O)[nH]2)CCC4)CC1. The van der Waals surface area contributed by atoms with Gasteiger partial charge in [0.05, 0.1) is 16.9 Å². The first-order valence-electron chi connectivity index (χ1n) is 10.9. The molecule has 0 bridgehead atoms. The zero-order valence-electron chi connectivity index (χ0n) is 18.1. The minimum atomic E-state index is -0.0553. The van der Waals surface area contributed by atoms with Gasteiger partial charge in [0.1, 0.15) is 10.7 Å². The molecule has 1 aliphatic heterocycles. The lowest BCUT2D eigenvalue weighted by Crippen LogP contribution is -2.54. The summed E-state index contributed by atoms with van der Waals surface area (Å²) >= 11 is 3.10. The predicted molar refractivity (Wildman–Crippen MR) is 125 cm³/mol. The molecule has 2 aromatic rings. The molecule has 2 aromatic heterocycles. The van der Waals surface area contributed by atoms with Gasteiger partial charge in [0.15, 0.2) is 0 Å². The van der Waals surface area contributed by atoms with Crippen LogP contribution in [0.3, 0.4) is 0 Å². The van der Waals surface area contributed by atoms with Crippen molar-refractivity contribution >= 4 is 45.3 Å². The highest BCUT2D eigenvalue weighted by Crippen LogP contribution is 2.34. The molecule has 2 aliphatic rings. The number of amides is 3. The molecular weight excluding hydrogens is 434 g/mol. The van der Waals surface area contributed by atoms with Crippen molar-refractivity contribution in [3.8, 4) is 0 Å². The van der Waals surface area contributed by atoms with Crippen LogP contribution in [0, 0.1) is 0 Å². The average Bonchev–Trinajstić information content (AvgIpc) is 3.35. The van der Waals surface area contributed by atoms with Crippen LogP contribution in [0.2, 0.25) is 0 Å². The van der Waals surface area contributed by atoms with Crippen molar-refractivity contribution in [2.24, 2.45) is 0 Å². The number of aromatic nitrogens is 2. The molecule has 168 valence electrons. The largest absolute Gasteiger partial charge is 0.338 e. The van der Waals surface area contributed by atoms with Crippen LogP contribution in [0.5, 0.6) is 0 Å². The third-order valence-electron chi connectivity index (χ3n) is 6.03. The molecule has 0 aromatic carbocycles. The molecule has 10 heteroatoms. The molecule has 0 unspecified atom stereocenters. The van der Waals surface area contributed by atoms with Gasteiger partial charge in [0, 0.05) is 44.1 Å². The van der Waals surface area contributed by atoms with E-state index in [0.29, 0.717) is 56.6 Å². The molecular formula is C21H29N5O3S2. The maximum Gasteiger partial charge on any atom is 0.320 e. The van der Waals surface area contributed by atoms with E-state index >= 15 is 0 Å². The highest BCUT2D eigenvalue weighted by Gasteiger charge is 2.26. The van der Waals surface area contributed by atoms with Crippen molar-refractivity contribution in [1.29, 1.82) is 0 Å². The lowest BCUT2D eigenvalue weighted by Gasteiger charge is -2.37. The van der Waals surface area contributed by atoms with Crippen molar-refractivity contribution in [2.45, 2.75) is 38.9 Å². The van der Waals surface area contributed by atoms with Gasteiger partial charge in [-0.15, -0.1) is 23.1 Å². The number of H-pyrrole nitrogens is 1. The van der Waals surface area contributed by atoms with Crippen LogP contribution in [0.25, 0.3) is 10.2 Å². The summed E-state index contributed by atoms with van der Waals surface area (Å²) in [5.41, 5.74) is 1.13. The number of nitrogens with zero attached hydrogens (tertiary/aromatic N) is 4. The van der Waals surface area contributed by atoms with Gasteiger partial charge in [-0.1, -0.05) is 0 Å². The maximum atomic E-state index is 12.6. The Morgan fingerprint density at radius 3 is 2.55 bits per heavy atom. The van der Waals surface area contributed by atoms with E-state index in [1.165, 1.54) is 22.2 Å². The van der Waals surface area contributed by atoms with Crippen LogP contribution in [0.4, 0.5) is 4.79 Å². The fourth-order valence-corrected chi connectivity index (χ4v) is 6.35. The maximum absolute atomic E-state index is 12.6. The molecule has 31 heavy (non-hydrogen) atoms. The number of carbonyl (C=O) groups excluding carboxylic acids is 2. The fourth-order valence-electron chi connectivity index (χ4n) is 4.28. The molecule has 3 heterocycles. The first-order chi connectivity index (χ1) is 15.0. The zero-order chi connectivity index (χ0) is 22.0.